The molecule has 1 aliphatic carbocycles. The molecule has 8 heteroatoms. The fourth-order valence-corrected chi connectivity index (χ4v) is 3.23. The van der Waals surface area contributed by atoms with Crippen LogP contribution in [0.25, 0.3) is 0 Å². The lowest BCUT2D eigenvalue weighted by molar-refractivity contribution is 0.0979. The highest BCUT2D eigenvalue weighted by atomic mass is 32.2. The number of hydrogen-bond acceptors (Lipinski definition) is 6. The quantitative estimate of drug-likeness (QED) is 0.769. The topological polar surface area (TPSA) is 101 Å². The number of amides is 1. The first-order chi connectivity index (χ1) is 12.1. The summed E-state index contributed by atoms with van der Waals surface area (Å²) in [6.07, 6.45) is 1.25. The Morgan fingerprint density at radius 3 is 2.76 bits per heavy atom. The summed E-state index contributed by atoms with van der Waals surface area (Å²) in [4.78, 5) is 37.6. The summed E-state index contributed by atoms with van der Waals surface area (Å²) in [7, 11) is 1.56. The fraction of sp³-hybridized carbons (Fsp3) is 0.176. The first-order valence-corrected chi connectivity index (χ1v) is 8.47. The van der Waals surface area contributed by atoms with Gasteiger partial charge in [0.25, 0.3) is 5.91 Å². The van der Waals surface area contributed by atoms with E-state index in [0.29, 0.717) is 18.0 Å². The minimum atomic E-state index is -0.524. The maximum absolute atomic E-state index is 12.7. The van der Waals surface area contributed by atoms with Crippen molar-refractivity contribution >= 4 is 34.9 Å². The highest BCUT2D eigenvalue weighted by Gasteiger charge is 2.33. The van der Waals surface area contributed by atoms with Crippen LogP contribution < -0.4 is 5.32 Å². The van der Waals surface area contributed by atoms with Crippen molar-refractivity contribution < 1.29 is 19.1 Å². The van der Waals surface area contributed by atoms with Crippen molar-refractivity contribution in [3.05, 3.63) is 58.3 Å². The number of aromatic nitrogens is 2. The van der Waals surface area contributed by atoms with Crippen LogP contribution >= 0.6 is 11.8 Å². The van der Waals surface area contributed by atoms with Crippen molar-refractivity contribution in [2.75, 3.05) is 24.8 Å². The van der Waals surface area contributed by atoms with Crippen molar-refractivity contribution in [2.45, 2.75) is 0 Å². The number of allylic oxidation sites excluding steroid dienone is 2. The molecule has 3 rings (SSSR count). The van der Waals surface area contributed by atoms with E-state index in [4.69, 9.17) is 4.74 Å². The van der Waals surface area contributed by atoms with Crippen molar-refractivity contribution in [2.24, 2.45) is 0 Å². The Labute approximate surface area is 147 Å². The molecule has 128 valence electrons. The third-order valence-corrected chi connectivity index (χ3v) is 4.50. The smallest absolute Gasteiger partial charge is 0.274 e. The summed E-state index contributed by atoms with van der Waals surface area (Å²) in [5.41, 5.74) is 0.547. The van der Waals surface area contributed by atoms with Gasteiger partial charge in [-0.15, -0.1) is 11.8 Å². The number of benzene rings is 1. The Bertz CT molecular complexity index is 858. The molecule has 25 heavy (non-hydrogen) atoms. The molecular formula is C17H15N3O4S. The van der Waals surface area contributed by atoms with Gasteiger partial charge in [-0.25, -0.2) is 0 Å². The molecule has 0 atom stereocenters. The van der Waals surface area contributed by atoms with Gasteiger partial charge in [-0.1, -0.05) is 18.2 Å². The monoisotopic (exact) mass is 357 g/mol. The van der Waals surface area contributed by atoms with Gasteiger partial charge in [-0.2, -0.15) is 5.10 Å². The van der Waals surface area contributed by atoms with Crippen LogP contribution in [-0.4, -0.2) is 47.1 Å². The van der Waals surface area contributed by atoms with Crippen molar-refractivity contribution in [1.29, 1.82) is 0 Å². The third-order valence-electron chi connectivity index (χ3n) is 3.52. The molecule has 1 aromatic heterocycles. The average Bonchev–Trinajstić information content (AvgIpc) is 3.06. The van der Waals surface area contributed by atoms with Gasteiger partial charge in [0.2, 0.25) is 11.6 Å². The van der Waals surface area contributed by atoms with Crippen molar-refractivity contribution in [3.63, 3.8) is 0 Å². The second-order valence-electron chi connectivity index (χ2n) is 5.19. The summed E-state index contributed by atoms with van der Waals surface area (Å²) in [6.45, 7) is 0.447. The molecule has 0 spiro atoms. The minimum Gasteiger partial charge on any atom is -0.384 e. The Morgan fingerprint density at radius 2 is 2.04 bits per heavy atom. The van der Waals surface area contributed by atoms with E-state index in [-0.39, 0.29) is 27.6 Å². The molecule has 0 saturated carbocycles. The van der Waals surface area contributed by atoms with Gasteiger partial charge in [0.05, 0.1) is 17.1 Å². The van der Waals surface area contributed by atoms with Crippen LogP contribution in [0.15, 0.2) is 41.3 Å². The summed E-state index contributed by atoms with van der Waals surface area (Å²) >= 11 is 1.22. The molecule has 1 heterocycles. The number of carbonyl (C=O) groups is 3. The van der Waals surface area contributed by atoms with E-state index in [9.17, 15) is 14.4 Å². The third kappa shape index (κ3) is 3.54. The van der Waals surface area contributed by atoms with E-state index in [1.54, 1.807) is 31.4 Å². The number of methoxy groups -OCH3 is 1. The standard InChI is InChI=1S/C17H15N3O4S/c1-24-7-8-25-12-9-11(21)14-13(16(12)22)15(20-19-14)17(23)18-10-5-3-2-4-6-10/h2-6,9H,7-8H2,1H3,(H,18,23)(H,19,20). The lowest BCUT2D eigenvalue weighted by atomic mass is 9.99. The van der Waals surface area contributed by atoms with Gasteiger partial charge in [0.15, 0.2) is 0 Å². The van der Waals surface area contributed by atoms with Crippen LogP contribution in [0.5, 0.6) is 0 Å². The zero-order valence-corrected chi connectivity index (χ0v) is 14.2. The van der Waals surface area contributed by atoms with E-state index in [2.05, 4.69) is 15.5 Å². The number of para-hydroxylation sites is 1. The van der Waals surface area contributed by atoms with Crippen LogP contribution in [0, 0.1) is 0 Å². The molecule has 1 aliphatic rings. The van der Waals surface area contributed by atoms with Gasteiger partial charge in [-0.3, -0.25) is 19.5 Å². The Balaban J connectivity index is 1.86. The predicted octanol–water partition coefficient (Wildman–Crippen LogP) is 2.30. The number of rotatable bonds is 6. The maximum Gasteiger partial charge on any atom is 0.274 e. The van der Waals surface area contributed by atoms with E-state index in [0.717, 1.165) is 0 Å². The number of ketones is 2. The molecule has 0 bridgehead atoms. The molecule has 0 radical (unpaired) electrons. The van der Waals surface area contributed by atoms with E-state index >= 15 is 0 Å². The van der Waals surface area contributed by atoms with Gasteiger partial charge in [0.1, 0.15) is 11.4 Å². The number of H-pyrrole nitrogens is 1. The summed E-state index contributed by atoms with van der Waals surface area (Å²) in [5, 5.41) is 9.04. The predicted molar refractivity (Wildman–Crippen MR) is 94.1 cm³/mol. The SMILES string of the molecule is COCCSC1=CC(=O)c2n[nH]c(C(=O)Nc3ccccc3)c2C1=O. The van der Waals surface area contributed by atoms with Crippen LogP contribution in [0.2, 0.25) is 0 Å². The first kappa shape index (κ1) is 17.1. The molecule has 7 nitrogen and oxygen atoms in total. The van der Waals surface area contributed by atoms with Crippen molar-refractivity contribution in [1.82, 2.24) is 10.2 Å². The van der Waals surface area contributed by atoms with Gasteiger partial charge in [0, 0.05) is 24.6 Å². The highest BCUT2D eigenvalue weighted by Crippen LogP contribution is 2.29. The molecule has 1 amide bonds. The zero-order valence-electron chi connectivity index (χ0n) is 13.4. The number of hydrogen-bond donors (Lipinski definition) is 2. The summed E-state index contributed by atoms with van der Waals surface area (Å²) < 4.78 is 4.95. The van der Waals surface area contributed by atoms with Gasteiger partial charge in [-0.05, 0) is 12.1 Å². The van der Waals surface area contributed by atoms with E-state index in [1.807, 2.05) is 6.07 Å². The van der Waals surface area contributed by atoms with Crippen LogP contribution in [0.3, 0.4) is 0 Å². The number of thioether (sulfide) groups is 1. The van der Waals surface area contributed by atoms with Gasteiger partial charge < -0.3 is 10.1 Å². The summed E-state index contributed by atoms with van der Waals surface area (Å²) in [5.74, 6) is -0.781. The molecule has 2 N–H and O–H groups in total. The molecule has 0 fully saturated rings. The fourth-order valence-electron chi connectivity index (χ4n) is 2.34. The second-order valence-corrected chi connectivity index (χ2v) is 6.32. The number of Topliss-reactive ketones (excluding diaryl/α,β-unsaturated/α-hetero) is 1. The Kier molecular flexibility index (Phi) is 5.11. The molecule has 0 aliphatic heterocycles. The summed E-state index contributed by atoms with van der Waals surface area (Å²) in [6, 6.07) is 8.82. The number of nitrogens with zero attached hydrogens (tertiary/aromatic N) is 1. The van der Waals surface area contributed by atoms with E-state index in [1.165, 1.54) is 17.8 Å². The Morgan fingerprint density at radius 1 is 1.28 bits per heavy atom. The van der Waals surface area contributed by atoms with Crippen molar-refractivity contribution in [3.8, 4) is 0 Å². The lowest BCUT2D eigenvalue weighted by Gasteiger charge is -2.12. The lowest BCUT2D eigenvalue weighted by Crippen LogP contribution is -2.20. The minimum absolute atomic E-state index is 0.0147. The second kappa shape index (κ2) is 7.45. The average molecular weight is 357 g/mol. The molecule has 0 saturated heterocycles. The molecule has 0 unspecified atom stereocenters. The van der Waals surface area contributed by atoms with Crippen LogP contribution in [-0.2, 0) is 4.74 Å². The normalized spacial score (nSPS) is 13.4. The largest absolute Gasteiger partial charge is 0.384 e. The molecular weight excluding hydrogens is 342 g/mol. The van der Waals surface area contributed by atoms with Gasteiger partial charge >= 0.3 is 0 Å². The van der Waals surface area contributed by atoms with Crippen LogP contribution in [0.4, 0.5) is 5.69 Å². The Hall–Kier alpha value is -2.71. The number of anilines is 1. The zero-order chi connectivity index (χ0) is 17.8. The number of nitrogens with one attached hydrogen (secondary N) is 2. The number of aromatic amines is 1. The van der Waals surface area contributed by atoms with E-state index < -0.39 is 11.7 Å². The number of ether oxygens (including phenoxy) is 1. The molecule has 1 aromatic carbocycles. The first-order valence-electron chi connectivity index (χ1n) is 7.49. The van der Waals surface area contributed by atoms with Crippen LogP contribution in [0.1, 0.15) is 31.3 Å². The number of carbonyl (C=O) groups excluding carboxylic acids is 3. The number of fused-ring (bicyclic) bond motifs is 1. The maximum atomic E-state index is 12.7. The molecule has 2 aromatic rings. The highest BCUT2D eigenvalue weighted by molar-refractivity contribution is 8.04.